The van der Waals surface area contributed by atoms with E-state index in [4.69, 9.17) is 0 Å². The van der Waals surface area contributed by atoms with Crippen molar-refractivity contribution in [1.29, 1.82) is 0 Å². The van der Waals surface area contributed by atoms with Crippen molar-refractivity contribution in [2.45, 2.75) is 0 Å². The molecular weight excluding hydrogens is 362 g/mol. The zero-order valence-electron chi connectivity index (χ0n) is 16.1. The third-order valence-electron chi connectivity index (χ3n) is 5.08. The largest absolute Gasteiger partial charge is 0.378 e. The number of nitrogens with zero attached hydrogens (tertiary/aromatic N) is 5. The van der Waals surface area contributed by atoms with Crippen molar-refractivity contribution in [3.05, 3.63) is 89.2 Å². The SMILES string of the molecule is CN(C)c1ccc(-c2nnc3n(-c4ccccc4)c(=O)c4ccccc4n23)cc1. The van der Waals surface area contributed by atoms with Crippen LogP contribution in [0.5, 0.6) is 0 Å². The highest BCUT2D eigenvalue weighted by atomic mass is 16.1. The molecule has 0 atom stereocenters. The molecule has 142 valence electrons. The number of para-hydroxylation sites is 2. The number of hydrogen-bond donors (Lipinski definition) is 0. The molecule has 0 aliphatic carbocycles. The summed E-state index contributed by atoms with van der Waals surface area (Å²) in [5.41, 5.74) is 3.48. The molecule has 5 aromatic rings. The summed E-state index contributed by atoms with van der Waals surface area (Å²) < 4.78 is 3.57. The molecule has 6 heteroatoms. The average Bonchev–Trinajstić information content (AvgIpc) is 3.20. The molecule has 0 bridgehead atoms. The molecule has 29 heavy (non-hydrogen) atoms. The molecule has 0 N–H and O–H groups in total. The van der Waals surface area contributed by atoms with Crippen LogP contribution in [0.15, 0.2) is 83.7 Å². The lowest BCUT2D eigenvalue weighted by atomic mass is 10.1. The maximum atomic E-state index is 13.3. The Balaban J connectivity index is 1.87. The van der Waals surface area contributed by atoms with E-state index >= 15 is 0 Å². The van der Waals surface area contributed by atoms with Gasteiger partial charge < -0.3 is 4.90 Å². The second-order valence-electron chi connectivity index (χ2n) is 7.09. The van der Waals surface area contributed by atoms with Gasteiger partial charge in [0.2, 0.25) is 5.78 Å². The number of fused-ring (bicyclic) bond motifs is 3. The van der Waals surface area contributed by atoms with Crippen molar-refractivity contribution in [1.82, 2.24) is 19.2 Å². The molecule has 3 aromatic carbocycles. The highest BCUT2D eigenvalue weighted by Crippen LogP contribution is 2.25. The van der Waals surface area contributed by atoms with Gasteiger partial charge in [-0.1, -0.05) is 30.3 Å². The molecule has 0 saturated carbocycles. The third-order valence-corrected chi connectivity index (χ3v) is 5.08. The summed E-state index contributed by atoms with van der Waals surface area (Å²) in [5.74, 6) is 1.19. The number of rotatable bonds is 3. The predicted molar refractivity (Wildman–Crippen MR) is 116 cm³/mol. The second-order valence-corrected chi connectivity index (χ2v) is 7.09. The first-order chi connectivity index (χ1) is 14.1. The van der Waals surface area contributed by atoms with E-state index < -0.39 is 0 Å². The Hall–Kier alpha value is -3.93. The molecule has 0 amide bonds. The molecule has 0 aliphatic heterocycles. The number of hydrogen-bond acceptors (Lipinski definition) is 4. The maximum absolute atomic E-state index is 13.3. The van der Waals surface area contributed by atoms with Gasteiger partial charge in [0, 0.05) is 25.3 Å². The molecule has 2 heterocycles. The van der Waals surface area contributed by atoms with Crippen molar-refractivity contribution >= 4 is 22.4 Å². The van der Waals surface area contributed by atoms with Gasteiger partial charge >= 0.3 is 0 Å². The van der Waals surface area contributed by atoms with Gasteiger partial charge in [-0.25, -0.2) is 4.57 Å². The van der Waals surface area contributed by atoms with E-state index in [-0.39, 0.29) is 5.56 Å². The van der Waals surface area contributed by atoms with Gasteiger partial charge in [0.1, 0.15) is 0 Å². The van der Waals surface area contributed by atoms with E-state index in [9.17, 15) is 4.79 Å². The Bertz CT molecular complexity index is 1380. The minimum Gasteiger partial charge on any atom is -0.378 e. The van der Waals surface area contributed by atoms with Crippen LogP contribution in [0.4, 0.5) is 5.69 Å². The summed E-state index contributed by atoms with van der Waals surface area (Å²) in [6.45, 7) is 0. The van der Waals surface area contributed by atoms with Crippen LogP contribution < -0.4 is 10.5 Å². The third kappa shape index (κ3) is 2.69. The highest BCUT2D eigenvalue weighted by Gasteiger charge is 2.18. The first-order valence-electron chi connectivity index (χ1n) is 9.37. The summed E-state index contributed by atoms with van der Waals surface area (Å²) in [6, 6.07) is 25.3. The van der Waals surface area contributed by atoms with Crippen molar-refractivity contribution < 1.29 is 0 Å². The minimum absolute atomic E-state index is 0.110. The Morgan fingerprint density at radius 2 is 1.48 bits per heavy atom. The van der Waals surface area contributed by atoms with Crippen LogP contribution in [0, 0.1) is 0 Å². The number of anilines is 1. The first-order valence-corrected chi connectivity index (χ1v) is 9.37. The lowest BCUT2D eigenvalue weighted by Crippen LogP contribution is -2.21. The summed E-state index contributed by atoms with van der Waals surface area (Å²) >= 11 is 0. The Morgan fingerprint density at radius 3 is 2.21 bits per heavy atom. The molecule has 5 rings (SSSR count). The van der Waals surface area contributed by atoms with Gasteiger partial charge in [0.25, 0.3) is 5.56 Å². The maximum Gasteiger partial charge on any atom is 0.267 e. The van der Waals surface area contributed by atoms with Crippen molar-refractivity contribution in [3.8, 4) is 17.1 Å². The van der Waals surface area contributed by atoms with Gasteiger partial charge in [-0.3, -0.25) is 9.20 Å². The van der Waals surface area contributed by atoms with E-state index in [0.29, 0.717) is 17.0 Å². The summed E-state index contributed by atoms with van der Waals surface area (Å²) in [7, 11) is 4.01. The lowest BCUT2D eigenvalue weighted by Gasteiger charge is -2.13. The molecule has 0 spiro atoms. The Labute approximate surface area is 167 Å². The van der Waals surface area contributed by atoms with Crippen LogP contribution in [-0.4, -0.2) is 33.3 Å². The van der Waals surface area contributed by atoms with Crippen molar-refractivity contribution in [3.63, 3.8) is 0 Å². The standard InChI is InChI=1S/C23H19N5O/c1-26(2)17-14-12-16(13-15-17)21-24-25-23-27(18-8-4-3-5-9-18)22(29)19-10-6-7-11-20(19)28(21)23/h3-15H,1-2H3. The normalized spacial score (nSPS) is 11.2. The van der Waals surface area contributed by atoms with Gasteiger partial charge in [0.05, 0.1) is 16.6 Å². The fourth-order valence-corrected chi connectivity index (χ4v) is 3.61. The van der Waals surface area contributed by atoms with Gasteiger partial charge in [-0.05, 0) is 48.5 Å². The Morgan fingerprint density at radius 1 is 0.793 bits per heavy atom. The smallest absolute Gasteiger partial charge is 0.267 e. The Kier molecular flexibility index (Phi) is 3.91. The molecule has 0 saturated heterocycles. The molecule has 0 aliphatic rings. The van der Waals surface area contributed by atoms with Crippen LogP contribution in [0.1, 0.15) is 0 Å². The van der Waals surface area contributed by atoms with Crippen LogP contribution >= 0.6 is 0 Å². The second kappa shape index (κ2) is 6.60. The number of aromatic nitrogens is 4. The van der Waals surface area contributed by atoms with E-state index in [1.54, 1.807) is 4.57 Å². The monoisotopic (exact) mass is 381 g/mol. The topological polar surface area (TPSA) is 55.4 Å². The van der Waals surface area contributed by atoms with E-state index in [1.807, 2.05) is 102 Å². The van der Waals surface area contributed by atoms with Gasteiger partial charge in [-0.2, -0.15) is 0 Å². The predicted octanol–water partition coefficient (Wildman–Crippen LogP) is 3.77. The zero-order valence-corrected chi connectivity index (χ0v) is 16.1. The lowest BCUT2D eigenvalue weighted by molar-refractivity contribution is 0.967. The van der Waals surface area contributed by atoms with Crippen LogP contribution in [0.2, 0.25) is 0 Å². The molecule has 0 fully saturated rings. The fourth-order valence-electron chi connectivity index (χ4n) is 3.61. The summed E-state index contributed by atoms with van der Waals surface area (Å²) in [6.07, 6.45) is 0. The van der Waals surface area contributed by atoms with E-state index in [0.717, 1.165) is 22.5 Å². The fraction of sp³-hybridized carbons (Fsp3) is 0.0870. The molecule has 0 radical (unpaired) electrons. The summed E-state index contributed by atoms with van der Waals surface area (Å²) in [5, 5.41) is 9.48. The van der Waals surface area contributed by atoms with Crippen LogP contribution in [0.3, 0.4) is 0 Å². The molecular formula is C23H19N5O. The zero-order chi connectivity index (χ0) is 20.0. The van der Waals surface area contributed by atoms with E-state index in [2.05, 4.69) is 10.2 Å². The summed E-state index contributed by atoms with van der Waals surface area (Å²) in [4.78, 5) is 15.3. The van der Waals surface area contributed by atoms with Crippen molar-refractivity contribution in [2.24, 2.45) is 0 Å². The van der Waals surface area contributed by atoms with Gasteiger partial charge in [-0.15, -0.1) is 10.2 Å². The van der Waals surface area contributed by atoms with E-state index in [1.165, 1.54) is 0 Å². The molecule has 0 unspecified atom stereocenters. The van der Waals surface area contributed by atoms with Gasteiger partial charge in [0.15, 0.2) is 5.82 Å². The van der Waals surface area contributed by atoms with Crippen LogP contribution in [-0.2, 0) is 0 Å². The quantitative estimate of drug-likeness (QED) is 0.477. The first kappa shape index (κ1) is 17.2. The molecule has 2 aromatic heterocycles. The highest BCUT2D eigenvalue weighted by molar-refractivity contribution is 5.83. The minimum atomic E-state index is -0.110. The average molecular weight is 381 g/mol. The molecule has 6 nitrogen and oxygen atoms in total. The van der Waals surface area contributed by atoms with Crippen LogP contribution in [0.25, 0.3) is 33.8 Å². The number of benzene rings is 3. The van der Waals surface area contributed by atoms with Crippen molar-refractivity contribution in [2.75, 3.05) is 19.0 Å².